The van der Waals surface area contributed by atoms with Gasteiger partial charge in [-0.25, -0.2) is 4.79 Å². The Labute approximate surface area is 86.9 Å². The van der Waals surface area contributed by atoms with Crippen molar-refractivity contribution >= 4 is 17.0 Å². The van der Waals surface area contributed by atoms with Crippen LogP contribution in [-0.4, -0.2) is 22.5 Å². The number of rotatable bonds is 2. The fraction of sp³-hybridized carbons (Fsp3) is 0.182. The second-order valence-corrected chi connectivity index (χ2v) is 2.99. The first-order valence-corrected chi connectivity index (χ1v) is 4.69. The summed E-state index contributed by atoms with van der Waals surface area (Å²) in [6.45, 7) is 2.13. The summed E-state index contributed by atoms with van der Waals surface area (Å²) in [5.41, 5.74) is 1.90. The summed E-state index contributed by atoms with van der Waals surface area (Å²) in [7, 11) is 0. The lowest BCUT2D eigenvalue weighted by Gasteiger charge is -2.01. The first-order chi connectivity index (χ1) is 7.31. The van der Waals surface area contributed by atoms with Crippen LogP contribution in [0.1, 0.15) is 17.3 Å². The molecule has 2 aromatic rings. The van der Waals surface area contributed by atoms with Crippen LogP contribution in [0.2, 0.25) is 0 Å². The quantitative estimate of drug-likeness (QED) is 0.697. The number of ether oxygens (including phenoxy) is 1. The zero-order chi connectivity index (χ0) is 10.7. The first kappa shape index (κ1) is 9.58. The Hall–Kier alpha value is -1.97. The Morgan fingerprint density at radius 3 is 3.07 bits per heavy atom. The van der Waals surface area contributed by atoms with Gasteiger partial charge in [-0.1, -0.05) is 0 Å². The molecule has 0 saturated heterocycles. The fourth-order valence-electron chi connectivity index (χ4n) is 1.28. The van der Waals surface area contributed by atoms with Crippen LogP contribution in [0.3, 0.4) is 0 Å². The number of nitrogens with zero attached hydrogens (tertiary/aromatic N) is 2. The van der Waals surface area contributed by atoms with Gasteiger partial charge in [-0.2, -0.15) is 0 Å². The molecule has 0 bridgehead atoms. The predicted octanol–water partition coefficient (Wildman–Crippen LogP) is 1.81. The molecule has 76 valence electrons. The van der Waals surface area contributed by atoms with E-state index in [2.05, 4.69) is 9.97 Å². The maximum absolute atomic E-state index is 11.4. The number of carbonyl (C=O) groups excluding carboxylic acids is 1. The molecule has 0 spiro atoms. The van der Waals surface area contributed by atoms with E-state index in [1.54, 1.807) is 25.3 Å². The molecule has 0 unspecified atom stereocenters. The lowest BCUT2D eigenvalue weighted by Crippen LogP contribution is -2.05. The summed E-state index contributed by atoms with van der Waals surface area (Å²) < 4.78 is 4.87. The highest BCUT2D eigenvalue weighted by molar-refractivity contribution is 5.92. The van der Waals surface area contributed by atoms with Gasteiger partial charge in [-0.15, -0.1) is 0 Å². The standard InChI is InChI=1S/C11H10N2O2/c1-2-15-11(14)8-6-10-9(13-7-8)4-3-5-12-10/h3-7H,2H2,1H3. The molecule has 0 amide bonds. The van der Waals surface area contributed by atoms with E-state index in [1.165, 1.54) is 6.20 Å². The van der Waals surface area contributed by atoms with Crippen molar-refractivity contribution in [1.82, 2.24) is 9.97 Å². The van der Waals surface area contributed by atoms with E-state index in [1.807, 2.05) is 6.07 Å². The molecule has 0 radical (unpaired) electrons. The molecule has 0 saturated carbocycles. The number of esters is 1. The number of hydrogen-bond donors (Lipinski definition) is 0. The molecule has 0 aliphatic carbocycles. The van der Waals surface area contributed by atoms with Gasteiger partial charge in [0.15, 0.2) is 0 Å². The highest BCUT2D eigenvalue weighted by atomic mass is 16.5. The zero-order valence-corrected chi connectivity index (χ0v) is 8.30. The van der Waals surface area contributed by atoms with Gasteiger partial charge in [-0.3, -0.25) is 9.97 Å². The van der Waals surface area contributed by atoms with Crippen molar-refractivity contribution in [2.24, 2.45) is 0 Å². The summed E-state index contributed by atoms with van der Waals surface area (Å²) in [6, 6.07) is 5.33. The minimum absolute atomic E-state index is 0.360. The van der Waals surface area contributed by atoms with Gasteiger partial charge in [0.2, 0.25) is 0 Å². The zero-order valence-electron chi connectivity index (χ0n) is 8.30. The van der Waals surface area contributed by atoms with Gasteiger partial charge >= 0.3 is 5.97 Å². The molecule has 2 heterocycles. The Morgan fingerprint density at radius 2 is 2.27 bits per heavy atom. The van der Waals surface area contributed by atoms with Crippen molar-refractivity contribution < 1.29 is 9.53 Å². The number of carbonyl (C=O) groups is 1. The van der Waals surface area contributed by atoms with Gasteiger partial charge in [0.25, 0.3) is 0 Å². The van der Waals surface area contributed by atoms with Gasteiger partial charge in [0.1, 0.15) is 0 Å². The van der Waals surface area contributed by atoms with Crippen LogP contribution >= 0.6 is 0 Å². The largest absolute Gasteiger partial charge is 0.462 e. The highest BCUT2D eigenvalue weighted by Crippen LogP contribution is 2.10. The van der Waals surface area contributed by atoms with Gasteiger partial charge < -0.3 is 4.74 Å². The van der Waals surface area contributed by atoms with E-state index in [0.717, 1.165) is 5.52 Å². The maximum Gasteiger partial charge on any atom is 0.339 e. The maximum atomic E-state index is 11.4. The van der Waals surface area contributed by atoms with Crippen LogP contribution in [0.4, 0.5) is 0 Å². The third-order valence-corrected chi connectivity index (χ3v) is 1.96. The van der Waals surface area contributed by atoms with Crippen molar-refractivity contribution in [2.75, 3.05) is 6.61 Å². The summed E-state index contributed by atoms with van der Waals surface area (Å²) in [5.74, 6) is -0.363. The Morgan fingerprint density at radius 1 is 1.40 bits per heavy atom. The van der Waals surface area contributed by atoms with Crippen LogP contribution < -0.4 is 0 Å². The molecule has 0 aliphatic heterocycles. The topological polar surface area (TPSA) is 52.1 Å². The molecule has 4 nitrogen and oxygen atoms in total. The lowest BCUT2D eigenvalue weighted by molar-refractivity contribution is 0.0526. The minimum Gasteiger partial charge on any atom is -0.462 e. The van der Waals surface area contributed by atoms with Gasteiger partial charge in [0.05, 0.1) is 23.2 Å². The number of hydrogen-bond acceptors (Lipinski definition) is 4. The third kappa shape index (κ3) is 1.93. The van der Waals surface area contributed by atoms with Crippen LogP contribution in [0.15, 0.2) is 30.6 Å². The second kappa shape index (κ2) is 4.04. The van der Waals surface area contributed by atoms with Gasteiger partial charge in [0, 0.05) is 12.4 Å². The van der Waals surface area contributed by atoms with Crippen LogP contribution in [0, 0.1) is 0 Å². The summed E-state index contributed by atoms with van der Waals surface area (Å²) in [5, 5.41) is 0. The normalized spacial score (nSPS) is 10.2. The van der Waals surface area contributed by atoms with Crippen LogP contribution in [0.25, 0.3) is 11.0 Å². The molecular weight excluding hydrogens is 192 g/mol. The minimum atomic E-state index is -0.363. The van der Waals surface area contributed by atoms with Crippen LogP contribution in [0.5, 0.6) is 0 Å². The Balaban J connectivity index is 2.42. The SMILES string of the molecule is CCOC(=O)c1cnc2cccnc2c1. The molecule has 0 N–H and O–H groups in total. The van der Waals surface area contributed by atoms with Crippen molar-refractivity contribution in [1.29, 1.82) is 0 Å². The van der Waals surface area contributed by atoms with Crippen molar-refractivity contribution in [3.8, 4) is 0 Å². The van der Waals surface area contributed by atoms with E-state index in [4.69, 9.17) is 4.74 Å². The molecule has 2 rings (SSSR count). The van der Waals surface area contributed by atoms with Crippen molar-refractivity contribution in [2.45, 2.75) is 6.92 Å². The first-order valence-electron chi connectivity index (χ1n) is 4.69. The van der Waals surface area contributed by atoms with E-state index in [9.17, 15) is 4.79 Å². The molecular formula is C11H10N2O2. The molecule has 0 atom stereocenters. The fourth-order valence-corrected chi connectivity index (χ4v) is 1.28. The predicted molar refractivity (Wildman–Crippen MR) is 55.5 cm³/mol. The highest BCUT2D eigenvalue weighted by Gasteiger charge is 2.07. The van der Waals surface area contributed by atoms with Gasteiger partial charge in [-0.05, 0) is 25.1 Å². The van der Waals surface area contributed by atoms with Crippen LogP contribution in [-0.2, 0) is 4.74 Å². The summed E-state index contributed by atoms with van der Waals surface area (Å²) >= 11 is 0. The van der Waals surface area contributed by atoms with Crippen molar-refractivity contribution in [3.05, 3.63) is 36.2 Å². The Kier molecular flexibility index (Phi) is 2.58. The molecule has 0 fully saturated rings. The van der Waals surface area contributed by atoms with E-state index in [0.29, 0.717) is 17.7 Å². The molecule has 15 heavy (non-hydrogen) atoms. The number of aromatic nitrogens is 2. The molecule has 0 aromatic carbocycles. The van der Waals surface area contributed by atoms with E-state index < -0.39 is 0 Å². The van der Waals surface area contributed by atoms with E-state index >= 15 is 0 Å². The lowest BCUT2D eigenvalue weighted by atomic mass is 10.2. The third-order valence-electron chi connectivity index (χ3n) is 1.96. The second-order valence-electron chi connectivity index (χ2n) is 2.99. The number of fused-ring (bicyclic) bond motifs is 1. The average molecular weight is 202 g/mol. The smallest absolute Gasteiger partial charge is 0.339 e. The average Bonchev–Trinajstić information content (AvgIpc) is 2.29. The van der Waals surface area contributed by atoms with Crippen molar-refractivity contribution in [3.63, 3.8) is 0 Å². The molecule has 4 heteroatoms. The Bertz CT molecular complexity index is 497. The monoisotopic (exact) mass is 202 g/mol. The number of pyridine rings is 2. The molecule has 0 aliphatic rings. The molecule has 2 aromatic heterocycles. The summed E-state index contributed by atoms with van der Waals surface area (Å²) in [6.07, 6.45) is 3.17. The summed E-state index contributed by atoms with van der Waals surface area (Å²) in [4.78, 5) is 19.6. The van der Waals surface area contributed by atoms with E-state index in [-0.39, 0.29) is 5.97 Å².